The molecule has 1 atom stereocenters. The summed E-state index contributed by atoms with van der Waals surface area (Å²) in [4.78, 5) is 18.2. The molecule has 0 bridgehead atoms. The van der Waals surface area contributed by atoms with E-state index in [-0.39, 0.29) is 11.9 Å². The zero-order valence-electron chi connectivity index (χ0n) is 11.1. The molecule has 2 aromatic rings. The average molecular weight is 280 g/mol. The Labute approximate surface area is 115 Å². The second kappa shape index (κ2) is 5.94. The Balaban J connectivity index is 1.91. The largest absolute Gasteiger partial charge is 0.338 e. The van der Waals surface area contributed by atoms with E-state index in [4.69, 9.17) is 4.52 Å². The van der Waals surface area contributed by atoms with Crippen molar-refractivity contribution in [2.24, 2.45) is 0 Å². The summed E-state index contributed by atoms with van der Waals surface area (Å²) in [6, 6.07) is 1.40. The number of nitrogens with one attached hydrogen (secondary N) is 1. The fraction of sp³-hybridized carbons (Fsp3) is 0.417. The molecule has 1 N–H and O–H groups in total. The van der Waals surface area contributed by atoms with Gasteiger partial charge in [0.15, 0.2) is 0 Å². The predicted octanol–water partition coefficient (Wildman–Crippen LogP) is 1.90. The number of carbonyl (C=O) groups excluding carboxylic acids is 1. The van der Waals surface area contributed by atoms with E-state index in [1.165, 1.54) is 0 Å². The van der Waals surface area contributed by atoms with Crippen LogP contribution in [0.15, 0.2) is 22.2 Å². The molecule has 0 fully saturated rings. The van der Waals surface area contributed by atoms with E-state index in [2.05, 4.69) is 15.5 Å². The van der Waals surface area contributed by atoms with E-state index in [0.29, 0.717) is 12.4 Å². The first-order valence-corrected chi connectivity index (χ1v) is 6.77. The lowest BCUT2D eigenvalue weighted by Gasteiger charge is -2.22. The van der Waals surface area contributed by atoms with E-state index in [0.717, 1.165) is 10.7 Å². The Morgan fingerprint density at radius 1 is 1.63 bits per heavy atom. The van der Waals surface area contributed by atoms with Crippen LogP contribution in [0.5, 0.6) is 0 Å². The van der Waals surface area contributed by atoms with Crippen LogP contribution in [0, 0.1) is 6.92 Å². The van der Waals surface area contributed by atoms with Crippen molar-refractivity contribution in [3.05, 3.63) is 28.3 Å². The fourth-order valence-electron chi connectivity index (χ4n) is 1.53. The average Bonchev–Trinajstić information content (AvgIpc) is 3.00. The molecule has 19 heavy (non-hydrogen) atoms. The summed E-state index contributed by atoms with van der Waals surface area (Å²) in [6.07, 6.45) is 1.76. The van der Waals surface area contributed by atoms with Crippen molar-refractivity contribution in [2.45, 2.75) is 26.4 Å². The Bertz CT molecular complexity index is 538. The van der Waals surface area contributed by atoms with Gasteiger partial charge in [0.05, 0.1) is 18.3 Å². The number of hydrogen-bond donors (Lipinski definition) is 1. The molecule has 1 amide bonds. The molecule has 6 nitrogen and oxygen atoms in total. The van der Waals surface area contributed by atoms with E-state index in [9.17, 15) is 4.79 Å². The fourth-order valence-corrected chi connectivity index (χ4v) is 2.21. The number of aryl methyl sites for hydroxylation is 1. The molecule has 0 aliphatic rings. The van der Waals surface area contributed by atoms with Gasteiger partial charge in [-0.1, -0.05) is 5.16 Å². The minimum atomic E-state index is -0.283. The Morgan fingerprint density at radius 3 is 3.00 bits per heavy atom. The second-order valence-corrected chi connectivity index (χ2v) is 5.32. The van der Waals surface area contributed by atoms with Gasteiger partial charge in [0, 0.05) is 17.6 Å². The Morgan fingerprint density at radius 2 is 2.42 bits per heavy atom. The van der Waals surface area contributed by atoms with Gasteiger partial charge in [-0.15, -0.1) is 11.3 Å². The van der Waals surface area contributed by atoms with E-state index in [1.807, 2.05) is 24.3 Å². The van der Waals surface area contributed by atoms with Crippen LogP contribution in [-0.2, 0) is 11.3 Å². The first kappa shape index (κ1) is 13.7. The summed E-state index contributed by atoms with van der Waals surface area (Å²) >= 11 is 1.57. The topological polar surface area (TPSA) is 71.3 Å². The van der Waals surface area contributed by atoms with Crippen LogP contribution < -0.4 is 5.32 Å². The molecule has 0 aliphatic carbocycles. The first-order chi connectivity index (χ1) is 9.06. The van der Waals surface area contributed by atoms with Crippen LogP contribution in [0.3, 0.4) is 0 Å². The van der Waals surface area contributed by atoms with Crippen LogP contribution >= 0.6 is 11.3 Å². The quantitative estimate of drug-likeness (QED) is 0.905. The van der Waals surface area contributed by atoms with Gasteiger partial charge < -0.3 is 4.52 Å². The second-order valence-electron chi connectivity index (χ2n) is 4.34. The van der Waals surface area contributed by atoms with Gasteiger partial charge in [0.1, 0.15) is 5.01 Å². The molecular formula is C12H16N4O2S. The zero-order chi connectivity index (χ0) is 13.8. The molecule has 2 heterocycles. The van der Waals surface area contributed by atoms with Gasteiger partial charge in [0.25, 0.3) is 0 Å². The lowest BCUT2D eigenvalue weighted by atomic mass is 10.3. The van der Waals surface area contributed by atoms with E-state index < -0.39 is 0 Å². The molecule has 0 aliphatic heterocycles. The highest BCUT2D eigenvalue weighted by atomic mass is 32.1. The number of aromatic nitrogens is 2. The molecular weight excluding hydrogens is 264 g/mol. The maximum Gasteiger partial charge on any atom is 0.243 e. The lowest BCUT2D eigenvalue weighted by molar-refractivity contribution is -0.120. The molecule has 0 spiro atoms. The van der Waals surface area contributed by atoms with Crippen LogP contribution in [0.25, 0.3) is 0 Å². The number of likely N-dealkylation sites (N-methyl/N-ethyl adjacent to an activating group) is 1. The van der Waals surface area contributed by atoms with Crippen molar-refractivity contribution in [3.8, 4) is 0 Å². The summed E-state index contributed by atoms with van der Waals surface area (Å²) in [7, 11) is 1.89. The first-order valence-electron chi connectivity index (χ1n) is 5.89. The molecule has 7 heteroatoms. The van der Waals surface area contributed by atoms with Crippen molar-refractivity contribution in [3.63, 3.8) is 0 Å². The van der Waals surface area contributed by atoms with Crippen LogP contribution in [0.2, 0.25) is 0 Å². The van der Waals surface area contributed by atoms with Crippen molar-refractivity contribution in [1.29, 1.82) is 0 Å². The predicted molar refractivity (Wildman–Crippen MR) is 72.9 cm³/mol. The monoisotopic (exact) mass is 280 g/mol. The number of thiazole rings is 1. The highest BCUT2D eigenvalue weighted by Gasteiger charge is 2.20. The van der Waals surface area contributed by atoms with Gasteiger partial charge in [-0.25, -0.2) is 4.98 Å². The van der Waals surface area contributed by atoms with Crippen molar-refractivity contribution >= 4 is 23.1 Å². The van der Waals surface area contributed by atoms with Crippen LogP contribution in [-0.4, -0.2) is 34.0 Å². The maximum atomic E-state index is 12.0. The number of nitrogens with zero attached hydrogens (tertiary/aromatic N) is 3. The Hall–Kier alpha value is -1.73. The summed E-state index contributed by atoms with van der Waals surface area (Å²) in [5.41, 5.74) is 0.735. The normalized spacial score (nSPS) is 12.6. The van der Waals surface area contributed by atoms with Gasteiger partial charge in [-0.05, 0) is 20.9 Å². The standard InChI is InChI=1S/C12H16N4O2S/c1-8-6-10(18-15-8)14-12(17)9(2)16(3)7-11-13-4-5-19-11/h4-6,9H,7H2,1-3H3,(H,14,17). The van der Waals surface area contributed by atoms with Gasteiger partial charge in [0.2, 0.25) is 11.8 Å². The van der Waals surface area contributed by atoms with Crippen molar-refractivity contribution in [1.82, 2.24) is 15.0 Å². The van der Waals surface area contributed by atoms with Crippen LogP contribution in [0.4, 0.5) is 5.88 Å². The molecule has 1 unspecified atom stereocenters. The third-order valence-electron chi connectivity index (χ3n) is 2.78. The minimum absolute atomic E-state index is 0.129. The SMILES string of the molecule is Cc1cc(NC(=O)C(C)N(C)Cc2nccs2)on1. The molecule has 0 saturated heterocycles. The molecule has 0 radical (unpaired) electrons. The third-order valence-corrected chi connectivity index (χ3v) is 3.55. The maximum absolute atomic E-state index is 12.0. The minimum Gasteiger partial charge on any atom is -0.338 e. The summed E-state index contributed by atoms with van der Waals surface area (Å²) in [5.74, 6) is 0.243. The molecule has 102 valence electrons. The van der Waals surface area contributed by atoms with Gasteiger partial charge >= 0.3 is 0 Å². The molecule has 2 aromatic heterocycles. The smallest absolute Gasteiger partial charge is 0.243 e. The summed E-state index contributed by atoms with van der Waals surface area (Å²) in [6.45, 7) is 4.28. The van der Waals surface area contributed by atoms with Crippen LogP contribution in [0.1, 0.15) is 17.6 Å². The number of rotatable bonds is 5. The highest BCUT2D eigenvalue weighted by Crippen LogP contribution is 2.12. The van der Waals surface area contributed by atoms with Crippen molar-refractivity contribution in [2.75, 3.05) is 12.4 Å². The van der Waals surface area contributed by atoms with Gasteiger partial charge in [-0.3, -0.25) is 15.0 Å². The zero-order valence-corrected chi connectivity index (χ0v) is 11.9. The molecule has 0 aromatic carbocycles. The number of amides is 1. The summed E-state index contributed by atoms with van der Waals surface area (Å²) in [5, 5.41) is 9.33. The van der Waals surface area contributed by atoms with Crippen molar-refractivity contribution < 1.29 is 9.32 Å². The Kier molecular flexibility index (Phi) is 4.28. The highest BCUT2D eigenvalue weighted by molar-refractivity contribution is 7.09. The third kappa shape index (κ3) is 3.62. The number of carbonyl (C=O) groups is 1. The van der Waals surface area contributed by atoms with E-state index >= 15 is 0 Å². The molecule has 2 rings (SSSR count). The number of anilines is 1. The van der Waals surface area contributed by atoms with Gasteiger partial charge in [-0.2, -0.15) is 0 Å². The molecule has 0 saturated carbocycles. The lowest BCUT2D eigenvalue weighted by Crippen LogP contribution is -2.39. The van der Waals surface area contributed by atoms with E-state index in [1.54, 1.807) is 30.5 Å². The summed E-state index contributed by atoms with van der Waals surface area (Å²) < 4.78 is 4.96. The number of hydrogen-bond acceptors (Lipinski definition) is 6.